The first-order chi connectivity index (χ1) is 11.5. The average molecular weight is 337 g/mol. The van der Waals surface area contributed by atoms with E-state index in [1.165, 1.54) is 11.1 Å². The second kappa shape index (κ2) is 6.93. The lowest BCUT2D eigenvalue weighted by atomic mass is 10.1. The predicted octanol–water partition coefficient (Wildman–Crippen LogP) is 3.49. The maximum absolute atomic E-state index is 12.8. The zero-order valence-electron chi connectivity index (χ0n) is 13.8. The SMILES string of the molecule is Cc1cc(C)cc(Cn2c(=S)ccn(Cc3ccncc3)c2=O)c1. The number of pyridine rings is 1. The van der Waals surface area contributed by atoms with Crippen molar-refractivity contribution in [1.82, 2.24) is 14.1 Å². The van der Waals surface area contributed by atoms with Gasteiger partial charge in [0.1, 0.15) is 4.64 Å². The zero-order valence-corrected chi connectivity index (χ0v) is 14.6. The largest absolute Gasteiger partial charge is 0.329 e. The summed E-state index contributed by atoms with van der Waals surface area (Å²) in [6.45, 7) is 5.10. The minimum Gasteiger partial charge on any atom is -0.296 e. The van der Waals surface area contributed by atoms with E-state index in [0.29, 0.717) is 17.7 Å². The summed E-state index contributed by atoms with van der Waals surface area (Å²) in [5.41, 5.74) is 4.39. The fourth-order valence-corrected chi connectivity index (χ4v) is 3.05. The van der Waals surface area contributed by atoms with Crippen LogP contribution in [0.2, 0.25) is 0 Å². The molecule has 0 aliphatic heterocycles. The van der Waals surface area contributed by atoms with Crippen LogP contribution in [-0.2, 0) is 13.1 Å². The minimum atomic E-state index is -0.0986. The normalized spacial score (nSPS) is 10.8. The lowest BCUT2D eigenvalue weighted by Crippen LogP contribution is -2.31. The van der Waals surface area contributed by atoms with E-state index in [-0.39, 0.29) is 5.69 Å². The van der Waals surface area contributed by atoms with E-state index < -0.39 is 0 Å². The predicted molar refractivity (Wildman–Crippen MR) is 97.9 cm³/mol. The number of hydrogen-bond acceptors (Lipinski definition) is 3. The van der Waals surface area contributed by atoms with Gasteiger partial charge in [-0.2, -0.15) is 0 Å². The molecule has 0 amide bonds. The van der Waals surface area contributed by atoms with Gasteiger partial charge in [0, 0.05) is 18.6 Å². The van der Waals surface area contributed by atoms with Gasteiger partial charge in [-0.3, -0.25) is 14.1 Å². The van der Waals surface area contributed by atoms with Crippen molar-refractivity contribution < 1.29 is 0 Å². The van der Waals surface area contributed by atoms with E-state index in [1.54, 1.807) is 33.8 Å². The highest BCUT2D eigenvalue weighted by Crippen LogP contribution is 2.10. The van der Waals surface area contributed by atoms with Crippen molar-refractivity contribution in [3.63, 3.8) is 0 Å². The van der Waals surface area contributed by atoms with Crippen molar-refractivity contribution in [2.45, 2.75) is 26.9 Å². The summed E-state index contributed by atoms with van der Waals surface area (Å²) >= 11 is 5.37. The highest BCUT2D eigenvalue weighted by molar-refractivity contribution is 7.71. The monoisotopic (exact) mass is 337 g/mol. The van der Waals surface area contributed by atoms with Crippen molar-refractivity contribution >= 4 is 12.2 Å². The number of aryl methyl sites for hydroxylation is 2. The Bertz CT molecular complexity index is 954. The molecule has 0 N–H and O–H groups in total. The van der Waals surface area contributed by atoms with Crippen LogP contribution in [0.1, 0.15) is 22.3 Å². The summed E-state index contributed by atoms with van der Waals surface area (Å²) < 4.78 is 3.86. The van der Waals surface area contributed by atoms with Crippen LogP contribution in [0.25, 0.3) is 0 Å². The molecular formula is C19H19N3OS. The van der Waals surface area contributed by atoms with Gasteiger partial charge in [0.25, 0.3) is 0 Å². The van der Waals surface area contributed by atoms with E-state index in [2.05, 4.69) is 37.0 Å². The van der Waals surface area contributed by atoms with Crippen LogP contribution in [0.4, 0.5) is 0 Å². The molecule has 3 aromatic rings. The molecule has 0 atom stereocenters. The summed E-state index contributed by atoms with van der Waals surface area (Å²) in [5, 5.41) is 0. The van der Waals surface area contributed by atoms with Gasteiger partial charge in [-0.25, -0.2) is 4.79 Å². The Hall–Kier alpha value is -2.53. The maximum atomic E-state index is 12.8. The smallest absolute Gasteiger partial charge is 0.296 e. The molecule has 4 nitrogen and oxygen atoms in total. The van der Waals surface area contributed by atoms with Crippen LogP contribution >= 0.6 is 12.2 Å². The Balaban J connectivity index is 1.97. The van der Waals surface area contributed by atoms with Gasteiger partial charge in [0.15, 0.2) is 0 Å². The topological polar surface area (TPSA) is 39.8 Å². The molecule has 0 unspecified atom stereocenters. The molecule has 122 valence electrons. The number of benzene rings is 1. The molecule has 24 heavy (non-hydrogen) atoms. The van der Waals surface area contributed by atoms with E-state index in [4.69, 9.17) is 12.2 Å². The third-order valence-electron chi connectivity index (χ3n) is 3.86. The van der Waals surface area contributed by atoms with Gasteiger partial charge in [-0.05, 0) is 43.2 Å². The lowest BCUT2D eigenvalue weighted by molar-refractivity contribution is 0.622. The lowest BCUT2D eigenvalue weighted by Gasteiger charge is -2.12. The third kappa shape index (κ3) is 3.68. The van der Waals surface area contributed by atoms with Crippen LogP contribution in [0.15, 0.2) is 59.8 Å². The van der Waals surface area contributed by atoms with Crippen LogP contribution < -0.4 is 5.69 Å². The average Bonchev–Trinajstić information content (AvgIpc) is 2.54. The second-order valence-electron chi connectivity index (χ2n) is 6.00. The Morgan fingerprint density at radius 1 is 0.958 bits per heavy atom. The maximum Gasteiger partial charge on any atom is 0.329 e. The summed E-state index contributed by atoms with van der Waals surface area (Å²) in [5.74, 6) is 0. The summed E-state index contributed by atoms with van der Waals surface area (Å²) in [4.78, 5) is 16.8. The first-order valence-electron chi connectivity index (χ1n) is 7.79. The van der Waals surface area contributed by atoms with Crippen LogP contribution in [0.3, 0.4) is 0 Å². The molecule has 1 aromatic carbocycles. The highest BCUT2D eigenvalue weighted by Gasteiger charge is 2.06. The molecular weight excluding hydrogens is 318 g/mol. The first-order valence-corrected chi connectivity index (χ1v) is 8.20. The molecule has 2 heterocycles. The van der Waals surface area contributed by atoms with E-state index in [1.807, 2.05) is 12.1 Å². The van der Waals surface area contributed by atoms with Crippen molar-refractivity contribution in [3.05, 3.63) is 92.4 Å². The molecule has 5 heteroatoms. The Morgan fingerprint density at radius 3 is 2.29 bits per heavy atom. The number of nitrogens with zero attached hydrogens (tertiary/aromatic N) is 3. The molecule has 0 aliphatic carbocycles. The number of aromatic nitrogens is 3. The van der Waals surface area contributed by atoms with Gasteiger partial charge in [-0.15, -0.1) is 0 Å². The minimum absolute atomic E-state index is 0.0986. The molecule has 0 fully saturated rings. The zero-order chi connectivity index (χ0) is 17.1. The molecule has 0 bridgehead atoms. The quantitative estimate of drug-likeness (QED) is 0.684. The van der Waals surface area contributed by atoms with Crippen LogP contribution in [0.5, 0.6) is 0 Å². The molecule has 0 saturated carbocycles. The molecule has 0 radical (unpaired) electrons. The van der Waals surface area contributed by atoms with Gasteiger partial charge in [0.05, 0.1) is 13.1 Å². The van der Waals surface area contributed by atoms with Crippen molar-refractivity contribution in [1.29, 1.82) is 0 Å². The van der Waals surface area contributed by atoms with Gasteiger partial charge >= 0.3 is 5.69 Å². The van der Waals surface area contributed by atoms with E-state index in [9.17, 15) is 4.79 Å². The first kappa shape index (κ1) is 16.3. The summed E-state index contributed by atoms with van der Waals surface area (Å²) in [7, 11) is 0. The van der Waals surface area contributed by atoms with Crippen molar-refractivity contribution in [2.75, 3.05) is 0 Å². The van der Waals surface area contributed by atoms with Crippen LogP contribution in [-0.4, -0.2) is 14.1 Å². The third-order valence-corrected chi connectivity index (χ3v) is 4.22. The van der Waals surface area contributed by atoms with Crippen molar-refractivity contribution in [2.24, 2.45) is 0 Å². The summed E-state index contributed by atoms with van der Waals surface area (Å²) in [6.07, 6.45) is 5.21. The molecule has 2 aromatic heterocycles. The molecule has 0 spiro atoms. The number of rotatable bonds is 4. The fraction of sp³-hybridized carbons (Fsp3) is 0.211. The van der Waals surface area contributed by atoms with E-state index in [0.717, 1.165) is 11.1 Å². The molecule has 0 aliphatic rings. The number of hydrogen-bond donors (Lipinski definition) is 0. The van der Waals surface area contributed by atoms with Gasteiger partial charge in [0.2, 0.25) is 0 Å². The Labute approximate surface area is 146 Å². The highest BCUT2D eigenvalue weighted by atomic mass is 32.1. The second-order valence-corrected chi connectivity index (χ2v) is 6.42. The van der Waals surface area contributed by atoms with Gasteiger partial charge < -0.3 is 0 Å². The van der Waals surface area contributed by atoms with E-state index >= 15 is 0 Å². The van der Waals surface area contributed by atoms with Gasteiger partial charge in [-0.1, -0.05) is 41.5 Å². The molecule has 3 rings (SSSR count). The van der Waals surface area contributed by atoms with Crippen LogP contribution in [0, 0.1) is 18.5 Å². The fourth-order valence-electron chi connectivity index (χ4n) is 2.85. The van der Waals surface area contributed by atoms with Crippen molar-refractivity contribution in [3.8, 4) is 0 Å². The Kier molecular flexibility index (Phi) is 4.71. The summed E-state index contributed by atoms with van der Waals surface area (Å²) in [6, 6.07) is 11.9. The molecule has 0 saturated heterocycles. The standard InChI is InChI=1S/C19H19N3OS/c1-14-9-15(2)11-17(10-14)13-22-18(24)5-8-21(19(22)23)12-16-3-6-20-7-4-16/h3-11H,12-13H2,1-2H3. The Morgan fingerprint density at radius 2 is 1.62 bits per heavy atom.